The average Bonchev–Trinajstić information content (AvgIpc) is 2.99. The van der Waals surface area contributed by atoms with Gasteiger partial charge >= 0.3 is 0 Å². The van der Waals surface area contributed by atoms with E-state index in [9.17, 15) is 0 Å². The number of rotatable bonds is 4. The second-order valence-corrected chi connectivity index (χ2v) is 9.68. The van der Waals surface area contributed by atoms with Gasteiger partial charge in [-0.2, -0.15) is 0 Å². The summed E-state index contributed by atoms with van der Waals surface area (Å²) in [5, 5.41) is 3.52. The standard InChI is InChI=1S/C22H34BrN3O/c1-4-27-20-14-17-13-18(23)5-6-19(17)21(20)26-12-11-25(15-16(26)2)22(3)7-9-24-10-8-22/h5-6,13,16,20-21,24H,4,7-12,14-15H2,1-3H3/t16-,20+,21+/m0/s1. The Labute approximate surface area is 172 Å². The van der Waals surface area contributed by atoms with E-state index in [0.29, 0.717) is 17.6 Å². The first-order valence-electron chi connectivity index (χ1n) is 10.6. The predicted octanol–water partition coefficient (Wildman–Crippen LogP) is 3.60. The fourth-order valence-electron chi connectivity index (χ4n) is 5.48. The van der Waals surface area contributed by atoms with Crippen molar-refractivity contribution in [1.82, 2.24) is 15.1 Å². The first-order valence-corrected chi connectivity index (χ1v) is 11.4. The highest BCUT2D eigenvalue weighted by molar-refractivity contribution is 9.10. The van der Waals surface area contributed by atoms with Crippen LogP contribution in [0.4, 0.5) is 0 Å². The van der Waals surface area contributed by atoms with Crippen LogP contribution in [0.25, 0.3) is 0 Å². The van der Waals surface area contributed by atoms with Gasteiger partial charge < -0.3 is 10.1 Å². The molecular formula is C22H34BrN3O. The van der Waals surface area contributed by atoms with Crippen molar-refractivity contribution in [2.75, 3.05) is 39.3 Å². The van der Waals surface area contributed by atoms with Gasteiger partial charge in [-0.3, -0.25) is 9.80 Å². The molecule has 1 aromatic carbocycles. The average molecular weight is 436 g/mol. The van der Waals surface area contributed by atoms with Gasteiger partial charge in [-0.25, -0.2) is 0 Å². The molecule has 0 aromatic heterocycles. The number of hydrogen-bond acceptors (Lipinski definition) is 4. The lowest BCUT2D eigenvalue weighted by Gasteiger charge is -2.52. The van der Waals surface area contributed by atoms with Crippen molar-refractivity contribution in [1.29, 1.82) is 0 Å². The van der Waals surface area contributed by atoms with Crippen LogP contribution >= 0.6 is 15.9 Å². The Bertz CT molecular complexity index is 661. The molecule has 2 saturated heterocycles. The number of nitrogens with one attached hydrogen (secondary N) is 1. The number of benzene rings is 1. The normalized spacial score (nSPS) is 31.8. The van der Waals surface area contributed by atoms with Crippen LogP contribution in [0.3, 0.4) is 0 Å². The van der Waals surface area contributed by atoms with Crippen LogP contribution < -0.4 is 5.32 Å². The molecule has 0 bridgehead atoms. The number of halogens is 1. The molecular weight excluding hydrogens is 402 g/mol. The second kappa shape index (κ2) is 8.11. The molecule has 4 rings (SSSR count). The summed E-state index contributed by atoms with van der Waals surface area (Å²) in [4.78, 5) is 5.49. The summed E-state index contributed by atoms with van der Waals surface area (Å²) in [7, 11) is 0. The topological polar surface area (TPSA) is 27.7 Å². The highest BCUT2D eigenvalue weighted by atomic mass is 79.9. The minimum atomic E-state index is 0.280. The molecule has 1 N–H and O–H groups in total. The zero-order chi connectivity index (χ0) is 19.0. The van der Waals surface area contributed by atoms with Crippen LogP contribution in [0.1, 0.15) is 50.8 Å². The highest BCUT2D eigenvalue weighted by Gasteiger charge is 2.43. The molecule has 3 atom stereocenters. The fraction of sp³-hybridized carbons (Fsp3) is 0.727. The monoisotopic (exact) mass is 435 g/mol. The number of ether oxygens (including phenoxy) is 1. The number of hydrogen-bond donors (Lipinski definition) is 1. The molecule has 2 fully saturated rings. The molecule has 1 aromatic rings. The Morgan fingerprint density at radius 3 is 2.74 bits per heavy atom. The lowest BCUT2D eigenvalue weighted by molar-refractivity contribution is -0.0588. The van der Waals surface area contributed by atoms with Crippen molar-refractivity contribution in [2.24, 2.45) is 0 Å². The summed E-state index contributed by atoms with van der Waals surface area (Å²) >= 11 is 3.64. The molecule has 0 spiro atoms. The lowest BCUT2D eigenvalue weighted by Crippen LogP contribution is -2.62. The quantitative estimate of drug-likeness (QED) is 0.781. The van der Waals surface area contributed by atoms with E-state index in [-0.39, 0.29) is 6.10 Å². The molecule has 5 heteroatoms. The van der Waals surface area contributed by atoms with Gasteiger partial charge in [0.25, 0.3) is 0 Å². The summed E-state index contributed by atoms with van der Waals surface area (Å²) in [5.74, 6) is 0. The largest absolute Gasteiger partial charge is 0.376 e. The van der Waals surface area contributed by atoms with Crippen LogP contribution in [0, 0.1) is 0 Å². The van der Waals surface area contributed by atoms with E-state index >= 15 is 0 Å². The Morgan fingerprint density at radius 1 is 1.26 bits per heavy atom. The van der Waals surface area contributed by atoms with E-state index in [1.165, 1.54) is 35.0 Å². The SMILES string of the molecule is CCO[C@@H]1Cc2cc(Br)ccc2[C@H]1N1CCN(C2(C)CCNCC2)C[C@@H]1C. The van der Waals surface area contributed by atoms with Crippen LogP contribution in [0.2, 0.25) is 0 Å². The van der Waals surface area contributed by atoms with Gasteiger partial charge in [0, 0.05) is 48.7 Å². The molecule has 27 heavy (non-hydrogen) atoms. The van der Waals surface area contributed by atoms with Crippen molar-refractivity contribution in [3.63, 3.8) is 0 Å². The first-order chi connectivity index (χ1) is 13.0. The van der Waals surface area contributed by atoms with Crippen molar-refractivity contribution in [2.45, 2.75) is 63.8 Å². The van der Waals surface area contributed by atoms with E-state index in [2.05, 4.69) is 70.0 Å². The molecule has 3 aliphatic rings. The minimum absolute atomic E-state index is 0.280. The van der Waals surface area contributed by atoms with Gasteiger partial charge in [0.2, 0.25) is 0 Å². The van der Waals surface area contributed by atoms with Gasteiger partial charge in [-0.15, -0.1) is 0 Å². The van der Waals surface area contributed by atoms with E-state index in [4.69, 9.17) is 4.74 Å². The summed E-state index contributed by atoms with van der Waals surface area (Å²) in [6.45, 7) is 13.6. The van der Waals surface area contributed by atoms with E-state index in [0.717, 1.165) is 39.2 Å². The Morgan fingerprint density at radius 2 is 2.04 bits per heavy atom. The lowest BCUT2D eigenvalue weighted by atomic mass is 9.87. The first kappa shape index (κ1) is 19.8. The van der Waals surface area contributed by atoms with Crippen molar-refractivity contribution in [3.05, 3.63) is 33.8 Å². The Kier molecular flexibility index (Phi) is 5.96. The maximum Gasteiger partial charge on any atom is 0.0812 e. The van der Waals surface area contributed by atoms with Gasteiger partial charge in [-0.05, 0) is 70.0 Å². The van der Waals surface area contributed by atoms with Crippen LogP contribution in [-0.4, -0.2) is 66.8 Å². The molecule has 2 aliphatic heterocycles. The van der Waals surface area contributed by atoms with Gasteiger partial charge in [-0.1, -0.05) is 22.0 Å². The third kappa shape index (κ3) is 3.86. The molecule has 150 valence electrons. The Hall–Kier alpha value is -0.460. The number of fused-ring (bicyclic) bond motifs is 1. The van der Waals surface area contributed by atoms with Crippen molar-refractivity contribution >= 4 is 15.9 Å². The minimum Gasteiger partial charge on any atom is -0.376 e. The van der Waals surface area contributed by atoms with E-state index in [1.807, 2.05) is 0 Å². The molecule has 4 nitrogen and oxygen atoms in total. The number of piperidine rings is 1. The number of piperazine rings is 1. The smallest absolute Gasteiger partial charge is 0.0812 e. The van der Waals surface area contributed by atoms with Crippen LogP contribution in [0.5, 0.6) is 0 Å². The molecule has 0 radical (unpaired) electrons. The highest BCUT2D eigenvalue weighted by Crippen LogP contribution is 2.41. The zero-order valence-electron chi connectivity index (χ0n) is 17.0. The predicted molar refractivity (Wildman–Crippen MR) is 114 cm³/mol. The fourth-order valence-corrected chi connectivity index (χ4v) is 5.89. The van der Waals surface area contributed by atoms with Crippen molar-refractivity contribution < 1.29 is 4.74 Å². The van der Waals surface area contributed by atoms with Gasteiger partial charge in [0.1, 0.15) is 0 Å². The second-order valence-electron chi connectivity index (χ2n) is 8.77. The summed E-state index contributed by atoms with van der Waals surface area (Å²) in [5.41, 5.74) is 3.29. The summed E-state index contributed by atoms with van der Waals surface area (Å²) in [6, 6.07) is 7.74. The van der Waals surface area contributed by atoms with Crippen LogP contribution in [0.15, 0.2) is 22.7 Å². The molecule has 1 aliphatic carbocycles. The maximum absolute atomic E-state index is 6.22. The third-order valence-electron chi connectivity index (χ3n) is 7.06. The Balaban J connectivity index is 1.53. The molecule has 0 saturated carbocycles. The summed E-state index contributed by atoms with van der Waals surface area (Å²) < 4.78 is 7.40. The molecule has 2 heterocycles. The molecule has 0 amide bonds. The number of nitrogens with zero attached hydrogens (tertiary/aromatic N) is 2. The van der Waals surface area contributed by atoms with Crippen LogP contribution in [-0.2, 0) is 11.2 Å². The van der Waals surface area contributed by atoms with E-state index < -0.39 is 0 Å². The third-order valence-corrected chi connectivity index (χ3v) is 7.55. The maximum atomic E-state index is 6.22. The van der Waals surface area contributed by atoms with Crippen molar-refractivity contribution in [3.8, 4) is 0 Å². The van der Waals surface area contributed by atoms with Gasteiger partial charge in [0.05, 0.1) is 12.1 Å². The molecule has 0 unspecified atom stereocenters. The van der Waals surface area contributed by atoms with E-state index in [1.54, 1.807) is 0 Å². The zero-order valence-corrected chi connectivity index (χ0v) is 18.6. The van der Waals surface area contributed by atoms with Gasteiger partial charge in [0.15, 0.2) is 0 Å². The summed E-state index contributed by atoms with van der Waals surface area (Å²) in [6.07, 6.45) is 3.84.